The first-order chi connectivity index (χ1) is 7.11. The largest absolute Gasteiger partial charge is 0.337 e. The van der Waals surface area contributed by atoms with Gasteiger partial charge in [0.05, 0.1) is 5.41 Å². The van der Waals surface area contributed by atoms with Crippen molar-refractivity contribution in [1.82, 2.24) is 15.5 Å². The summed E-state index contributed by atoms with van der Waals surface area (Å²) in [6, 6.07) is 0.414. The highest BCUT2D eigenvalue weighted by molar-refractivity contribution is 5.82. The van der Waals surface area contributed by atoms with E-state index in [2.05, 4.69) is 15.5 Å². The second kappa shape index (κ2) is 4.10. The van der Waals surface area contributed by atoms with Crippen molar-refractivity contribution in [2.45, 2.75) is 26.3 Å². The van der Waals surface area contributed by atoms with Gasteiger partial charge in [0, 0.05) is 32.2 Å². The molecule has 0 aromatic carbocycles. The van der Waals surface area contributed by atoms with Crippen molar-refractivity contribution < 1.29 is 4.79 Å². The van der Waals surface area contributed by atoms with Crippen LogP contribution in [0, 0.1) is 5.41 Å². The van der Waals surface area contributed by atoms with Crippen molar-refractivity contribution in [2.24, 2.45) is 5.41 Å². The van der Waals surface area contributed by atoms with E-state index in [0.717, 1.165) is 39.1 Å². The Morgan fingerprint density at radius 3 is 2.80 bits per heavy atom. The van der Waals surface area contributed by atoms with Gasteiger partial charge in [0.2, 0.25) is 5.91 Å². The number of amides is 1. The lowest BCUT2D eigenvalue weighted by molar-refractivity contribution is -0.140. The molecule has 2 rings (SSSR count). The van der Waals surface area contributed by atoms with Crippen molar-refractivity contribution in [1.29, 1.82) is 0 Å². The van der Waals surface area contributed by atoms with Crippen LogP contribution in [-0.2, 0) is 4.79 Å². The minimum Gasteiger partial charge on any atom is -0.337 e. The zero-order valence-corrected chi connectivity index (χ0v) is 9.68. The van der Waals surface area contributed by atoms with Gasteiger partial charge < -0.3 is 15.5 Å². The Bertz CT molecular complexity index is 246. The fraction of sp³-hybridized carbons (Fsp3) is 0.909. The van der Waals surface area contributed by atoms with Crippen molar-refractivity contribution in [3.8, 4) is 0 Å². The van der Waals surface area contributed by atoms with Crippen LogP contribution in [-0.4, -0.2) is 49.6 Å². The van der Waals surface area contributed by atoms with Gasteiger partial charge in [-0.25, -0.2) is 0 Å². The molecule has 1 amide bonds. The molecule has 0 aromatic heterocycles. The Morgan fingerprint density at radius 2 is 2.13 bits per heavy atom. The average molecular weight is 211 g/mol. The molecule has 4 heteroatoms. The number of nitrogens with zero attached hydrogens (tertiary/aromatic N) is 1. The molecule has 0 spiro atoms. The van der Waals surface area contributed by atoms with Gasteiger partial charge >= 0.3 is 0 Å². The molecular formula is C11H21N3O. The van der Waals surface area contributed by atoms with E-state index in [4.69, 9.17) is 0 Å². The van der Waals surface area contributed by atoms with Crippen LogP contribution < -0.4 is 10.6 Å². The zero-order chi connectivity index (χ0) is 10.9. The lowest BCUT2D eigenvalue weighted by atomic mass is 9.91. The maximum absolute atomic E-state index is 12.3. The van der Waals surface area contributed by atoms with Gasteiger partial charge in [-0.2, -0.15) is 0 Å². The van der Waals surface area contributed by atoms with Gasteiger partial charge in [0.25, 0.3) is 0 Å². The van der Waals surface area contributed by atoms with Crippen LogP contribution in [0.5, 0.6) is 0 Å². The van der Waals surface area contributed by atoms with Gasteiger partial charge in [0.1, 0.15) is 0 Å². The summed E-state index contributed by atoms with van der Waals surface area (Å²) >= 11 is 0. The summed E-state index contributed by atoms with van der Waals surface area (Å²) in [5, 5.41) is 6.66. The Hall–Kier alpha value is -0.610. The number of hydrogen-bond donors (Lipinski definition) is 2. The minimum atomic E-state index is -0.251. The van der Waals surface area contributed by atoms with Crippen LogP contribution in [0.25, 0.3) is 0 Å². The SMILES string of the molecule is CC1(C)CNCCN(C2CCNC2)C1=O. The third-order valence-electron chi connectivity index (χ3n) is 3.41. The highest BCUT2D eigenvalue weighted by atomic mass is 16.2. The summed E-state index contributed by atoms with van der Waals surface area (Å²) < 4.78 is 0. The van der Waals surface area contributed by atoms with E-state index in [-0.39, 0.29) is 5.41 Å². The Labute approximate surface area is 91.4 Å². The summed E-state index contributed by atoms with van der Waals surface area (Å²) in [5.41, 5.74) is -0.251. The van der Waals surface area contributed by atoms with Crippen molar-refractivity contribution >= 4 is 5.91 Å². The van der Waals surface area contributed by atoms with Gasteiger partial charge in [-0.05, 0) is 26.8 Å². The molecule has 15 heavy (non-hydrogen) atoms. The molecule has 0 aromatic rings. The van der Waals surface area contributed by atoms with Crippen molar-refractivity contribution in [3.63, 3.8) is 0 Å². The molecule has 1 unspecified atom stereocenters. The first kappa shape index (κ1) is 10.9. The first-order valence-electron chi connectivity index (χ1n) is 5.84. The van der Waals surface area contributed by atoms with E-state index in [1.165, 1.54) is 0 Å². The Balaban J connectivity index is 2.11. The first-order valence-corrected chi connectivity index (χ1v) is 5.84. The zero-order valence-electron chi connectivity index (χ0n) is 9.68. The molecule has 1 atom stereocenters. The van der Waals surface area contributed by atoms with Gasteiger partial charge in [-0.15, -0.1) is 0 Å². The van der Waals surface area contributed by atoms with Crippen LogP contribution in [0.1, 0.15) is 20.3 Å². The molecule has 0 radical (unpaired) electrons. The number of carbonyl (C=O) groups is 1. The topological polar surface area (TPSA) is 44.4 Å². The van der Waals surface area contributed by atoms with E-state index >= 15 is 0 Å². The molecule has 2 fully saturated rings. The van der Waals surface area contributed by atoms with Crippen LogP contribution in [0.4, 0.5) is 0 Å². The monoisotopic (exact) mass is 211 g/mol. The normalized spacial score (nSPS) is 31.7. The second-order valence-corrected chi connectivity index (χ2v) is 5.21. The van der Waals surface area contributed by atoms with E-state index in [1.807, 2.05) is 13.8 Å². The number of carbonyl (C=O) groups excluding carboxylic acids is 1. The minimum absolute atomic E-state index is 0.251. The third-order valence-corrected chi connectivity index (χ3v) is 3.41. The molecule has 2 saturated heterocycles. The van der Waals surface area contributed by atoms with E-state index in [9.17, 15) is 4.79 Å². The highest BCUT2D eigenvalue weighted by Crippen LogP contribution is 2.22. The van der Waals surface area contributed by atoms with Gasteiger partial charge in [-0.1, -0.05) is 0 Å². The molecule has 4 nitrogen and oxygen atoms in total. The number of nitrogens with one attached hydrogen (secondary N) is 2. The maximum atomic E-state index is 12.3. The molecule has 2 aliphatic heterocycles. The summed E-state index contributed by atoms with van der Waals surface area (Å²) in [6.45, 7) is 8.64. The highest BCUT2D eigenvalue weighted by Gasteiger charge is 2.37. The molecule has 2 aliphatic rings. The summed E-state index contributed by atoms with van der Waals surface area (Å²) in [5.74, 6) is 0.307. The van der Waals surface area contributed by atoms with Crippen LogP contribution in [0.3, 0.4) is 0 Å². The fourth-order valence-corrected chi connectivity index (χ4v) is 2.42. The van der Waals surface area contributed by atoms with Crippen LogP contribution in [0.15, 0.2) is 0 Å². The Kier molecular flexibility index (Phi) is 2.98. The van der Waals surface area contributed by atoms with Gasteiger partial charge in [0.15, 0.2) is 0 Å². The maximum Gasteiger partial charge on any atom is 0.229 e. The lowest BCUT2D eigenvalue weighted by Gasteiger charge is -2.32. The molecule has 0 bridgehead atoms. The standard InChI is InChI=1S/C11H21N3O/c1-11(2)8-13-5-6-14(10(11)15)9-3-4-12-7-9/h9,12-13H,3-8H2,1-2H3. The average Bonchev–Trinajstić information content (AvgIpc) is 2.66. The van der Waals surface area contributed by atoms with Crippen LogP contribution >= 0.6 is 0 Å². The molecular weight excluding hydrogens is 190 g/mol. The smallest absolute Gasteiger partial charge is 0.229 e. The fourth-order valence-electron chi connectivity index (χ4n) is 2.42. The molecule has 2 N–H and O–H groups in total. The summed E-state index contributed by atoms with van der Waals surface area (Å²) in [6.07, 6.45) is 1.10. The van der Waals surface area contributed by atoms with Crippen molar-refractivity contribution in [2.75, 3.05) is 32.7 Å². The molecule has 2 heterocycles. The molecule has 0 aliphatic carbocycles. The van der Waals surface area contributed by atoms with E-state index in [1.54, 1.807) is 0 Å². The van der Waals surface area contributed by atoms with Gasteiger partial charge in [-0.3, -0.25) is 4.79 Å². The predicted molar refractivity (Wildman–Crippen MR) is 59.6 cm³/mol. The summed E-state index contributed by atoms with van der Waals surface area (Å²) in [7, 11) is 0. The van der Waals surface area contributed by atoms with Crippen LogP contribution in [0.2, 0.25) is 0 Å². The van der Waals surface area contributed by atoms with Crippen molar-refractivity contribution in [3.05, 3.63) is 0 Å². The van der Waals surface area contributed by atoms with E-state index < -0.39 is 0 Å². The number of hydrogen-bond acceptors (Lipinski definition) is 3. The Morgan fingerprint density at radius 1 is 1.33 bits per heavy atom. The van der Waals surface area contributed by atoms with E-state index in [0.29, 0.717) is 11.9 Å². The molecule has 0 saturated carbocycles. The second-order valence-electron chi connectivity index (χ2n) is 5.21. The number of rotatable bonds is 1. The predicted octanol–water partition coefficient (Wildman–Crippen LogP) is -0.194. The summed E-state index contributed by atoms with van der Waals surface area (Å²) in [4.78, 5) is 14.4. The molecule has 86 valence electrons. The quantitative estimate of drug-likeness (QED) is 0.632. The third kappa shape index (κ3) is 2.16. The lowest BCUT2D eigenvalue weighted by Crippen LogP contribution is -2.47.